The van der Waals surface area contributed by atoms with Crippen LogP contribution in [-0.2, 0) is 9.59 Å². The summed E-state index contributed by atoms with van der Waals surface area (Å²) in [6.07, 6.45) is 4.21. The average molecular weight is 252 g/mol. The third-order valence-electron chi connectivity index (χ3n) is 4.63. The SMILES string of the molecule is CCC1(CC)NC(=O)CCN(C(C)C2CC2)C1=O. The van der Waals surface area contributed by atoms with E-state index in [4.69, 9.17) is 0 Å². The van der Waals surface area contributed by atoms with Crippen LogP contribution in [0.25, 0.3) is 0 Å². The molecule has 18 heavy (non-hydrogen) atoms. The molecule has 1 aliphatic heterocycles. The van der Waals surface area contributed by atoms with Gasteiger partial charge in [0.05, 0.1) is 0 Å². The highest BCUT2D eigenvalue weighted by atomic mass is 16.2. The van der Waals surface area contributed by atoms with Crippen molar-refractivity contribution in [2.24, 2.45) is 5.92 Å². The number of hydrogen-bond donors (Lipinski definition) is 1. The number of nitrogens with one attached hydrogen (secondary N) is 1. The Morgan fingerprint density at radius 2 is 1.94 bits per heavy atom. The van der Waals surface area contributed by atoms with Crippen molar-refractivity contribution in [1.82, 2.24) is 10.2 Å². The summed E-state index contributed by atoms with van der Waals surface area (Å²) in [4.78, 5) is 26.5. The molecule has 0 bridgehead atoms. The lowest BCUT2D eigenvalue weighted by atomic mass is 9.90. The summed E-state index contributed by atoms with van der Waals surface area (Å²) in [5, 5.41) is 2.96. The Morgan fingerprint density at radius 3 is 2.44 bits per heavy atom. The van der Waals surface area contributed by atoms with Gasteiger partial charge in [-0.25, -0.2) is 0 Å². The van der Waals surface area contributed by atoms with Crippen LogP contribution >= 0.6 is 0 Å². The van der Waals surface area contributed by atoms with Crippen molar-refractivity contribution in [2.45, 2.75) is 64.5 Å². The van der Waals surface area contributed by atoms with E-state index in [0.29, 0.717) is 31.7 Å². The highest BCUT2D eigenvalue weighted by Crippen LogP contribution is 2.37. The second-order valence-corrected chi connectivity index (χ2v) is 5.66. The monoisotopic (exact) mass is 252 g/mol. The van der Waals surface area contributed by atoms with Crippen LogP contribution in [0.2, 0.25) is 0 Å². The number of carbonyl (C=O) groups is 2. The van der Waals surface area contributed by atoms with E-state index in [9.17, 15) is 9.59 Å². The number of hydrogen-bond acceptors (Lipinski definition) is 2. The molecule has 1 heterocycles. The Bertz CT molecular complexity index is 346. The zero-order valence-electron chi connectivity index (χ0n) is 11.7. The first kappa shape index (κ1) is 13.4. The van der Waals surface area contributed by atoms with Gasteiger partial charge in [0.25, 0.3) is 0 Å². The smallest absolute Gasteiger partial charge is 0.248 e. The van der Waals surface area contributed by atoms with Gasteiger partial charge in [0.15, 0.2) is 0 Å². The summed E-state index contributed by atoms with van der Waals surface area (Å²) >= 11 is 0. The van der Waals surface area contributed by atoms with Gasteiger partial charge in [-0.2, -0.15) is 0 Å². The second-order valence-electron chi connectivity index (χ2n) is 5.66. The van der Waals surface area contributed by atoms with E-state index in [1.165, 1.54) is 12.8 Å². The molecule has 0 aromatic heterocycles. The normalized spacial score (nSPS) is 25.6. The molecule has 0 aromatic rings. The van der Waals surface area contributed by atoms with Crippen molar-refractivity contribution in [1.29, 1.82) is 0 Å². The van der Waals surface area contributed by atoms with E-state index in [-0.39, 0.29) is 17.9 Å². The van der Waals surface area contributed by atoms with E-state index < -0.39 is 5.54 Å². The highest BCUT2D eigenvalue weighted by molar-refractivity contribution is 5.93. The Hall–Kier alpha value is -1.06. The molecule has 4 heteroatoms. The lowest BCUT2D eigenvalue weighted by Crippen LogP contribution is -2.58. The summed E-state index contributed by atoms with van der Waals surface area (Å²) in [5.74, 6) is 0.781. The largest absolute Gasteiger partial charge is 0.342 e. The molecule has 102 valence electrons. The molecule has 0 aromatic carbocycles. The molecule has 2 rings (SSSR count). The van der Waals surface area contributed by atoms with E-state index in [0.717, 1.165) is 0 Å². The van der Waals surface area contributed by atoms with Crippen molar-refractivity contribution in [3.8, 4) is 0 Å². The molecule has 1 saturated heterocycles. The lowest BCUT2D eigenvalue weighted by Gasteiger charge is -2.36. The van der Waals surface area contributed by atoms with Crippen LogP contribution in [0, 0.1) is 5.92 Å². The van der Waals surface area contributed by atoms with Crippen molar-refractivity contribution in [2.75, 3.05) is 6.54 Å². The Kier molecular flexibility index (Phi) is 3.64. The lowest BCUT2D eigenvalue weighted by molar-refractivity contribution is -0.141. The Morgan fingerprint density at radius 1 is 1.33 bits per heavy atom. The molecule has 2 fully saturated rings. The zero-order valence-corrected chi connectivity index (χ0v) is 11.7. The predicted molar refractivity (Wildman–Crippen MR) is 70.0 cm³/mol. The van der Waals surface area contributed by atoms with Gasteiger partial charge in [-0.3, -0.25) is 9.59 Å². The topological polar surface area (TPSA) is 49.4 Å². The molecular weight excluding hydrogens is 228 g/mol. The molecule has 2 amide bonds. The summed E-state index contributed by atoms with van der Waals surface area (Å²) in [6.45, 7) is 6.66. The van der Waals surface area contributed by atoms with Gasteiger partial charge in [0.2, 0.25) is 11.8 Å². The van der Waals surface area contributed by atoms with Crippen LogP contribution in [0.3, 0.4) is 0 Å². The van der Waals surface area contributed by atoms with E-state index in [1.54, 1.807) is 0 Å². The van der Waals surface area contributed by atoms with E-state index >= 15 is 0 Å². The number of nitrogens with zero attached hydrogens (tertiary/aromatic N) is 1. The van der Waals surface area contributed by atoms with Gasteiger partial charge in [0.1, 0.15) is 5.54 Å². The van der Waals surface area contributed by atoms with Gasteiger partial charge < -0.3 is 10.2 Å². The minimum Gasteiger partial charge on any atom is -0.342 e. The fraction of sp³-hybridized carbons (Fsp3) is 0.857. The highest BCUT2D eigenvalue weighted by Gasteiger charge is 2.45. The molecule has 4 nitrogen and oxygen atoms in total. The Labute approximate surface area is 109 Å². The standard InChI is InChI=1S/C14H24N2O2/c1-4-14(5-2)13(18)16(9-8-12(17)15-14)10(3)11-6-7-11/h10-11H,4-9H2,1-3H3,(H,15,17). The van der Waals surface area contributed by atoms with Gasteiger partial charge in [-0.1, -0.05) is 13.8 Å². The first-order valence-electron chi connectivity index (χ1n) is 7.16. The van der Waals surface area contributed by atoms with Gasteiger partial charge in [0, 0.05) is 19.0 Å². The molecule has 1 aliphatic carbocycles. The number of rotatable bonds is 4. The fourth-order valence-corrected chi connectivity index (χ4v) is 2.93. The van der Waals surface area contributed by atoms with Crippen LogP contribution in [0.5, 0.6) is 0 Å². The summed E-state index contributed by atoms with van der Waals surface area (Å²) in [7, 11) is 0. The van der Waals surface area contributed by atoms with Crippen LogP contribution < -0.4 is 5.32 Å². The third-order valence-corrected chi connectivity index (χ3v) is 4.63. The molecular formula is C14H24N2O2. The molecule has 0 radical (unpaired) electrons. The zero-order chi connectivity index (χ0) is 13.3. The third kappa shape index (κ3) is 2.25. The minimum absolute atomic E-state index is 0.0116. The Balaban J connectivity index is 2.24. The van der Waals surface area contributed by atoms with Crippen LogP contribution in [0.1, 0.15) is 52.9 Å². The van der Waals surface area contributed by atoms with Gasteiger partial charge in [-0.05, 0) is 38.5 Å². The molecule has 1 saturated carbocycles. The summed E-state index contributed by atoms with van der Waals surface area (Å²) < 4.78 is 0. The quantitative estimate of drug-likeness (QED) is 0.827. The number of carbonyl (C=O) groups excluding carboxylic acids is 2. The van der Waals surface area contributed by atoms with Crippen LogP contribution in [-0.4, -0.2) is 34.8 Å². The van der Waals surface area contributed by atoms with Gasteiger partial charge >= 0.3 is 0 Å². The summed E-state index contributed by atoms with van der Waals surface area (Å²) in [6, 6.07) is 0.280. The van der Waals surface area contributed by atoms with E-state index in [2.05, 4.69) is 12.2 Å². The first-order chi connectivity index (χ1) is 8.54. The maximum atomic E-state index is 12.8. The van der Waals surface area contributed by atoms with E-state index in [1.807, 2.05) is 18.7 Å². The molecule has 0 spiro atoms. The maximum absolute atomic E-state index is 12.8. The molecule has 1 N–H and O–H groups in total. The molecule has 1 unspecified atom stereocenters. The average Bonchev–Trinajstić information content (AvgIpc) is 3.19. The first-order valence-corrected chi connectivity index (χ1v) is 7.16. The van der Waals surface area contributed by atoms with Crippen LogP contribution in [0.15, 0.2) is 0 Å². The van der Waals surface area contributed by atoms with Crippen molar-refractivity contribution in [3.63, 3.8) is 0 Å². The molecule has 2 aliphatic rings. The maximum Gasteiger partial charge on any atom is 0.248 e. The van der Waals surface area contributed by atoms with Crippen molar-refractivity contribution >= 4 is 11.8 Å². The predicted octanol–water partition coefficient (Wildman–Crippen LogP) is 1.69. The van der Waals surface area contributed by atoms with Crippen molar-refractivity contribution < 1.29 is 9.59 Å². The number of amides is 2. The minimum atomic E-state index is -0.670. The van der Waals surface area contributed by atoms with Crippen LogP contribution in [0.4, 0.5) is 0 Å². The second kappa shape index (κ2) is 4.90. The van der Waals surface area contributed by atoms with Gasteiger partial charge in [-0.15, -0.1) is 0 Å². The molecule has 1 atom stereocenters. The van der Waals surface area contributed by atoms with Crippen molar-refractivity contribution in [3.05, 3.63) is 0 Å². The fourth-order valence-electron chi connectivity index (χ4n) is 2.93. The summed E-state index contributed by atoms with van der Waals surface area (Å²) in [5.41, 5.74) is -0.670.